The summed E-state index contributed by atoms with van der Waals surface area (Å²) < 4.78 is 10.3. The van der Waals surface area contributed by atoms with E-state index in [1.165, 1.54) is 7.11 Å². The van der Waals surface area contributed by atoms with Gasteiger partial charge in [0.05, 0.1) is 19.1 Å². The molecule has 1 N–H and O–H groups in total. The molecule has 0 amide bonds. The van der Waals surface area contributed by atoms with Crippen LogP contribution in [0.5, 0.6) is 0 Å². The molecular formula is C14H26O4. The van der Waals surface area contributed by atoms with Crippen LogP contribution in [0.15, 0.2) is 0 Å². The minimum atomic E-state index is -1.06. The predicted molar refractivity (Wildman–Crippen MR) is 69.2 cm³/mol. The van der Waals surface area contributed by atoms with Gasteiger partial charge in [-0.3, -0.25) is 4.79 Å². The number of unbranched alkanes of at least 4 members (excludes halogenated alkanes) is 1. The fraction of sp³-hybridized carbons (Fsp3) is 0.929. The molecule has 3 atom stereocenters. The van der Waals surface area contributed by atoms with Crippen molar-refractivity contribution in [1.82, 2.24) is 0 Å². The molecule has 4 nitrogen and oxygen atoms in total. The zero-order valence-electron chi connectivity index (χ0n) is 11.8. The molecule has 106 valence electrons. The van der Waals surface area contributed by atoms with Gasteiger partial charge >= 0.3 is 5.97 Å². The quantitative estimate of drug-likeness (QED) is 0.743. The number of carbonyl (C=O) groups excluding carboxylic acids is 1. The predicted octanol–water partition coefficient (Wildman–Crippen LogP) is 2.29. The van der Waals surface area contributed by atoms with Gasteiger partial charge in [0.15, 0.2) is 0 Å². The van der Waals surface area contributed by atoms with Crippen molar-refractivity contribution in [3.8, 4) is 0 Å². The van der Waals surface area contributed by atoms with Gasteiger partial charge < -0.3 is 14.6 Å². The molecule has 1 fully saturated rings. The van der Waals surface area contributed by atoms with Gasteiger partial charge in [0.25, 0.3) is 0 Å². The minimum Gasteiger partial charge on any atom is -0.469 e. The molecule has 0 radical (unpaired) electrons. The van der Waals surface area contributed by atoms with Crippen molar-refractivity contribution in [3.63, 3.8) is 0 Å². The lowest BCUT2D eigenvalue weighted by atomic mass is 9.71. The summed E-state index contributed by atoms with van der Waals surface area (Å²) in [5.74, 6) is -0.775. The van der Waals surface area contributed by atoms with E-state index >= 15 is 0 Å². The maximum atomic E-state index is 11.9. The second-order valence-electron chi connectivity index (χ2n) is 5.18. The monoisotopic (exact) mass is 258 g/mol. The van der Waals surface area contributed by atoms with E-state index in [9.17, 15) is 9.90 Å². The van der Waals surface area contributed by atoms with Crippen LogP contribution in [0, 0.1) is 5.92 Å². The first kappa shape index (κ1) is 15.4. The van der Waals surface area contributed by atoms with Gasteiger partial charge in [0.2, 0.25) is 0 Å². The number of ether oxygens (including phenoxy) is 2. The van der Waals surface area contributed by atoms with E-state index in [1.54, 1.807) is 7.11 Å². The molecule has 18 heavy (non-hydrogen) atoms. The first-order chi connectivity index (χ1) is 8.60. The van der Waals surface area contributed by atoms with Crippen LogP contribution in [0.1, 0.15) is 51.9 Å². The molecular weight excluding hydrogens is 232 g/mol. The van der Waals surface area contributed by atoms with E-state index < -0.39 is 11.5 Å². The van der Waals surface area contributed by atoms with Gasteiger partial charge in [0.1, 0.15) is 5.60 Å². The Hall–Kier alpha value is -0.610. The summed E-state index contributed by atoms with van der Waals surface area (Å²) in [5, 5.41) is 10.9. The first-order valence-electron chi connectivity index (χ1n) is 6.93. The Kier molecular flexibility index (Phi) is 6.09. The van der Waals surface area contributed by atoms with Gasteiger partial charge in [-0.1, -0.05) is 32.6 Å². The van der Waals surface area contributed by atoms with Crippen LogP contribution in [-0.4, -0.2) is 37.0 Å². The molecule has 0 heterocycles. The topological polar surface area (TPSA) is 55.8 Å². The number of hydrogen-bond acceptors (Lipinski definition) is 4. The average Bonchev–Trinajstić information content (AvgIpc) is 2.39. The molecule has 0 spiro atoms. The van der Waals surface area contributed by atoms with Crippen LogP contribution < -0.4 is 0 Å². The fourth-order valence-electron chi connectivity index (χ4n) is 2.99. The smallest absolute Gasteiger partial charge is 0.311 e. The third-order valence-corrected chi connectivity index (χ3v) is 4.07. The van der Waals surface area contributed by atoms with Gasteiger partial charge in [-0.25, -0.2) is 0 Å². The number of esters is 1. The van der Waals surface area contributed by atoms with Crippen molar-refractivity contribution in [2.24, 2.45) is 5.92 Å². The van der Waals surface area contributed by atoms with Gasteiger partial charge in [-0.2, -0.15) is 0 Å². The molecule has 1 rings (SSSR count). The second-order valence-corrected chi connectivity index (χ2v) is 5.18. The third kappa shape index (κ3) is 3.23. The second kappa shape index (κ2) is 7.10. The van der Waals surface area contributed by atoms with Crippen LogP contribution in [0.2, 0.25) is 0 Å². The summed E-state index contributed by atoms with van der Waals surface area (Å²) in [5.41, 5.74) is -1.06. The molecule has 1 saturated carbocycles. The highest BCUT2D eigenvalue weighted by molar-refractivity contribution is 5.74. The Balaban J connectivity index is 2.88. The van der Waals surface area contributed by atoms with Gasteiger partial charge in [-0.05, 0) is 19.3 Å². The van der Waals surface area contributed by atoms with Gasteiger partial charge in [0, 0.05) is 7.11 Å². The highest BCUT2D eigenvalue weighted by Gasteiger charge is 2.49. The summed E-state index contributed by atoms with van der Waals surface area (Å²) in [7, 11) is 2.99. The average molecular weight is 258 g/mol. The summed E-state index contributed by atoms with van der Waals surface area (Å²) in [6.07, 6.45) is 5.74. The van der Waals surface area contributed by atoms with Crippen LogP contribution in [-0.2, 0) is 14.3 Å². The number of methoxy groups -OCH3 is 2. The number of aliphatic hydroxyl groups is 1. The summed E-state index contributed by atoms with van der Waals surface area (Å²) in [6, 6.07) is 0. The maximum Gasteiger partial charge on any atom is 0.311 e. The molecule has 0 aromatic heterocycles. The van der Waals surface area contributed by atoms with E-state index in [4.69, 9.17) is 9.47 Å². The molecule has 4 heteroatoms. The van der Waals surface area contributed by atoms with Crippen molar-refractivity contribution in [2.45, 2.75) is 63.6 Å². The lowest BCUT2D eigenvalue weighted by molar-refractivity contribution is -0.180. The first-order valence-corrected chi connectivity index (χ1v) is 6.93. The van der Waals surface area contributed by atoms with E-state index in [0.717, 1.165) is 32.1 Å². The Morgan fingerprint density at radius 1 is 1.44 bits per heavy atom. The summed E-state index contributed by atoms with van der Waals surface area (Å²) in [6.45, 7) is 2.08. The Morgan fingerprint density at radius 3 is 2.72 bits per heavy atom. The lowest BCUT2D eigenvalue weighted by Crippen LogP contribution is -2.54. The molecule has 1 aliphatic rings. The third-order valence-electron chi connectivity index (χ3n) is 4.07. The summed E-state index contributed by atoms with van der Waals surface area (Å²) >= 11 is 0. The zero-order chi connectivity index (χ0) is 13.6. The maximum absolute atomic E-state index is 11.9. The van der Waals surface area contributed by atoms with E-state index in [1.807, 2.05) is 0 Å². The normalized spacial score (nSPS) is 29.9. The lowest BCUT2D eigenvalue weighted by Gasteiger charge is -2.43. The molecule has 0 aromatic carbocycles. The fourth-order valence-corrected chi connectivity index (χ4v) is 2.99. The standard InChI is InChI=1S/C14H26O4/c1-4-5-8-11(13(15)18-3)14(16)10-7-6-9-12(14)17-2/h11-12,16H,4-10H2,1-3H3. The Morgan fingerprint density at radius 2 is 2.17 bits per heavy atom. The number of rotatable bonds is 6. The highest BCUT2D eigenvalue weighted by atomic mass is 16.5. The number of carbonyl (C=O) groups is 1. The molecule has 0 saturated heterocycles. The summed E-state index contributed by atoms with van der Waals surface area (Å²) in [4.78, 5) is 11.9. The molecule has 0 aliphatic heterocycles. The van der Waals surface area contributed by atoms with E-state index in [-0.39, 0.29) is 12.1 Å². The van der Waals surface area contributed by atoms with Crippen LogP contribution in [0.3, 0.4) is 0 Å². The van der Waals surface area contributed by atoms with Gasteiger partial charge in [-0.15, -0.1) is 0 Å². The van der Waals surface area contributed by atoms with E-state index in [0.29, 0.717) is 12.8 Å². The SMILES string of the molecule is CCCCC(C(=O)OC)C1(O)CCCCC1OC. The van der Waals surface area contributed by atoms with Crippen molar-refractivity contribution >= 4 is 5.97 Å². The van der Waals surface area contributed by atoms with Crippen LogP contribution in [0.25, 0.3) is 0 Å². The Labute approximate surface area is 110 Å². The Bertz CT molecular complexity index is 267. The molecule has 0 aromatic rings. The van der Waals surface area contributed by atoms with Crippen molar-refractivity contribution in [2.75, 3.05) is 14.2 Å². The molecule has 0 bridgehead atoms. The largest absolute Gasteiger partial charge is 0.469 e. The van der Waals surface area contributed by atoms with Crippen LogP contribution >= 0.6 is 0 Å². The zero-order valence-corrected chi connectivity index (χ0v) is 11.8. The minimum absolute atomic E-state index is 0.257. The molecule has 3 unspecified atom stereocenters. The van der Waals surface area contributed by atoms with E-state index in [2.05, 4.69) is 6.92 Å². The number of hydrogen-bond donors (Lipinski definition) is 1. The van der Waals surface area contributed by atoms with Crippen molar-refractivity contribution < 1.29 is 19.4 Å². The van der Waals surface area contributed by atoms with Crippen LogP contribution in [0.4, 0.5) is 0 Å². The highest BCUT2D eigenvalue weighted by Crippen LogP contribution is 2.39. The molecule has 1 aliphatic carbocycles. The van der Waals surface area contributed by atoms with Crippen molar-refractivity contribution in [3.05, 3.63) is 0 Å². The van der Waals surface area contributed by atoms with Crippen molar-refractivity contribution in [1.29, 1.82) is 0 Å².